The summed E-state index contributed by atoms with van der Waals surface area (Å²) in [5.74, 6) is -3.48. The van der Waals surface area contributed by atoms with Gasteiger partial charge in [-0.2, -0.15) is 13.2 Å². The molecular formula is C18H19F4N3O3. The van der Waals surface area contributed by atoms with Crippen LogP contribution in [0.2, 0.25) is 0 Å². The third-order valence-corrected chi connectivity index (χ3v) is 5.08. The van der Waals surface area contributed by atoms with Crippen LogP contribution in [-0.4, -0.2) is 40.6 Å². The minimum Gasteiger partial charge on any atom is -0.314 e. The SMILES string of the molecule is O=C(N[C@]1(C(F)(F)F)NC(=O)N(C2CCCCCC2)C1=O)c1ccc(F)cc1. The Hall–Kier alpha value is -2.65. The summed E-state index contributed by atoms with van der Waals surface area (Å²) in [7, 11) is 0. The van der Waals surface area contributed by atoms with E-state index in [-0.39, 0.29) is 5.56 Å². The van der Waals surface area contributed by atoms with Crippen LogP contribution < -0.4 is 10.6 Å². The summed E-state index contributed by atoms with van der Waals surface area (Å²) in [6, 6.07) is 1.94. The Morgan fingerprint density at radius 1 is 1.07 bits per heavy atom. The smallest absolute Gasteiger partial charge is 0.314 e. The van der Waals surface area contributed by atoms with Crippen molar-refractivity contribution in [3.05, 3.63) is 35.6 Å². The molecule has 4 amide bonds. The molecule has 0 spiro atoms. The molecule has 1 atom stereocenters. The number of hydrogen-bond donors (Lipinski definition) is 2. The van der Waals surface area contributed by atoms with Crippen LogP contribution in [0.4, 0.5) is 22.4 Å². The highest BCUT2D eigenvalue weighted by molar-refractivity contribution is 6.10. The van der Waals surface area contributed by atoms with E-state index in [2.05, 4.69) is 0 Å². The Balaban J connectivity index is 1.91. The lowest BCUT2D eigenvalue weighted by Crippen LogP contribution is -2.69. The van der Waals surface area contributed by atoms with Crippen molar-refractivity contribution >= 4 is 17.8 Å². The highest BCUT2D eigenvalue weighted by Crippen LogP contribution is 2.36. The molecule has 1 saturated carbocycles. The van der Waals surface area contributed by atoms with Gasteiger partial charge < -0.3 is 5.32 Å². The fourth-order valence-corrected chi connectivity index (χ4v) is 3.59. The minimum absolute atomic E-state index is 0.278. The second-order valence-electron chi connectivity index (χ2n) is 6.96. The van der Waals surface area contributed by atoms with Gasteiger partial charge in [0.1, 0.15) is 5.82 Å². The number of halogens is 4. The Bertz CT molecular complexity index is 773. The van der Waals surface area contributed by atoms with Gasteiger partial charge in [-0.25, -0.2) is 9.18 Å². The molecule has 10 heteroatoms. The number of amides is 4. The van der Waals surface area contributed by atoms with Crippen LogP contribution >= 0.6 is 0 Å². The van der Waals surface area contributed by atoms with Crippen LogP contribution in [0.3, 0.4) is 0 Å². The Kier molecular flexibility index (Phi) is 5.31. The molecule has 0 aromatic heterocycles. The van der Waals surface area contributed by atoms with Gasteiger partial charge in [-0.3, -0.25) is 19.8 Å². The van der Waals surface area contributed by atoms with Crippen molar-refractivity contribution in [1.29, 1.82) is 0 Å². The molecule has 2 aliphatic rings. The van der Waals surface area contributed by atoms with Gasteiger partial charge in [-0.05, 0) is 37.1 Å². The molecule has 1 aromatic rings. The van der Waals surface area contributed by atoms with E-state index in [1.165, 1.54) is 0 Å². The standard InChI is InChI=1S/C18H19F4N3O3/c19-12-9-7-11(8-10-12)14(26)23-17(18(20,21)22)15(27)25(16(28)24-17)13-5-3-1-2-4-6-13/h7-10,13H,1-6H2,(H,23,26)(H,24,28)/t17-/m0/s1. The van der Waals surface area contributed by atoms with E-state index in [9.17, 15) is 31.9 Å². The maximum Gasteiger partial charge on any atom is 0.440 e. The molecule has 1 heterocycles. The van der Waals surface area contributed by atoms with Gasteiger partial charge >= 0.3 is 12.2 Å². The predicted molar refractivity (Wildman–Crippen MR) is 89.5 cm³/mol. The average Bonchev–Trinajstić information content (AvgIpc) is 2.80. The van der Waals surface area contributed by atoms with Crippen LogP contribution in [0.5, 0.6) is 0 Å². The molecule has 2 N–H and O–H groups in total. The molecule has 0 radical (unpaired) electrons. The van der Waals surface area contributed by atoms with Crippen LogP contribution in [-0.2, 0) is 4.79 Å². The van der Waals surface area contributed by atoms with Gasteiger partial charge in [0, 0.05) is 11.6 Å². The Morgan fingerprint density at radius 3 is 2.18 bits per heavy atom. The Morgan fingerprint density at radius 2 is 1.64 bits per heavy atom. The van der Waals surface area contributed by atoms with Crippen molar-refractivity contribution in [2.75, 3.05) is 0 Å². The highest BCUT2D eigenvalue weighted by Gasteiger charge is 2.69. The monoisotopic (exact) mass is 401 g/mol. The van der Waals surface area contributed by atoms with Crippen LogP contribution in [0.15, 0.2) is 24.3 Å². The molecular weight excluding hydrogens is 382 g/mol. The first-order valence-electron chi connectivity index (χ1n) is 8.96. The summed E-state index contributed by atoms with van der Waals surface area (Å²) in [4.78, 5) is 38.0. The molecule has 1 aliphatic heterocycles. The fourth-order valence-electron chi connectivity index (χ4n) is 3.59. The van der Waals surface area contributed by atoms with E-state index in [1.54, 1.807) is 10.6 Å². The van der Waals surface area contributed by atoms with Gasteiger partial charge in [0.05, 0.1) is 0 Å². The zero-order chi connectivity index (χ0) is 20.5. The molecule has 2 fully saturated rings. The maximum absolute atomic E-state index is 13.9. The number of benzene rings is 1. The van der Waals surface area contributed by atoms with Crippen molar-refractivity contribution < 1.29 is 31.9 Å². The number of carbonyl (C=O) groups is 3. The minimum atomic E-state index is -5.27. The molecule has 3 rings (SSSR count). The second-order valence-corrected chi connectivity index (χ2v) is 6.96. The first kappa shape index (κ1) is 20.1. The van der Waals surface area contributed by atoms with Gasteiger partial charge in [0.2, 0.25) is 0 Å². The molecule has 6 nitrogen and oxygen atoms in total. The molecule has 1 aliphatic carbocycles. The van der Waals surface area contributed by atoms with Crippen LogP contribution in [0.1, 0.15) is 48.9 Å². The third-order valence-electron chi connectivity index (χ3n) is 5.08. The van der Waals surface area contributed by atoms with E-state index < -0.39 is 41.5 Å². The molecule has 28 heavy (non-hydrogen) atoms. The lowest BCUT2D eigenvalue weighted by atomic mass is 10.0. The first-order chi connectivity index (χ1) is 13.2. The molecule has 1 aromatic carbocycles. The number of rotatable bonds is 3. The summed E-state index contributed by atoms with van der Waals surface area (Å²) in [6.45, 7) is 0. The van der Waals surface area contributed by atoms with Gasteiger partial charge in [-0.1, -0.05) is 25.7 Å². The second kappa shape index (κ2) is 7.40. The summed E-state index contributed by atoms with van der Waals surface area (Å²) in [5.41, 5.74) is -3.83. The number of urea groups is 1. The zero-order valence-electron chi connectivity index (χ0n) is 14.8. The average molecular weight is 401 g/mol. The van der Waals surface area contributed by atoms with Crippen LogP contribution in [0, 0.1) is 5.82 Å². The van der Waals surface area contributed by atoms with Crippen molar-refractivity contribution in [3.63, 3.8) is 0 Å². The first-order valence-corrected chi connectivity index (χ1v) is 8.96. The number of nitrogens with one attached hydrogen (secondary N) is 2. The zero-order valence-corrected chi connectivity index (χ0v) is 14.8. The van der Waals surface area contributed by atoms with E-state index in [0.717, 1.165) is 37.1 Å². The topological polar surface area (TPSA) is 78.5 Å². The van der Waals surface area contributed by atoms with E-state index in [0.29, 0.717) is 30.6 Å². The van der Waals surface area contributed by atoms with Gasteiger partial charge in [-0.15, -0.1) is 0 Å². The maximum atomic E-state index is 13.9. The van der Waals surface area contributed by atoms with Gasteiger partial charge in [0.25, 0.3) is 17.5 Å². The van der Waals surface area contributed by atoms with E-state index >= 15 is 0 Å². The number of alkyl halides is 3. The number of carbonyl (C=O) groups excluding carboxylic acids is 3. The quantitative estimate of drug-likeness (QED) is 0.464. The summed E-state index contributed by atoms with van der Waals surface area (Å²) >= 11 is 0. The Labute approximate surface area is 158 Å². The fraction of sp³-hybridized carbons (Fsp3) is 0.500. The number of nitrogens with zero attached hydrogens (tertiary/aromatic N) is 1. The predicted octanol–water partition coefficient (Wildman–Crippen LogP) is 3.09. The summed E-state index contributed by atoms with van der Waals surface area (Å²) < 4.78 is 54.6. The molecule has 0 bridgehead atoms. The number of imide groups is 1. The normalized spacial score (nSPS) is 24.1. The van der Waals surface area contributed by atoms with Crippen molar-refractivity contribution in [3.8, 4) is 0 Å². The highest BCUT2D eigenvalue weighted by atomic mass is 19.4. The molecule has 0 unspecified atom stereocenters. The third kappa shape index (κ3) is 3.55. The van der Waals surface area contributed by atoms with E-state index in [4.69, 9.17) is 0 Å². The van der Waals surface area contributed by atoms with Crippen molar-refractivity contribution in [2.45, 2.75) is 56.4 Å². The molecule has 152 valence electrons. The van der Waals surface area contributed by atoms with Gasteiger partial charge in [0.15, 0.2) is 0 Å². The summed E-state index contributed by atoms with van der Waals surface area (Å²) in [6.07, 6.45) is -1.28. The summed E-state index contributed by atoms with van der Waals surface area (Å²) in [5, 5.41) is 3.27. The van der Waals surface area contributed by atoms with Crippen molar-refractivity contribution in [2.24, 2.45) is 0 Å². The van der Waals surface area contributed by atoms with Crippen molar-refractivity contribution in [1.82, 2.24) is 15.5 Å². The lowest BCUT2D eigenvalue weighted by molar-refractivity contribution is -0.200. The number of hydrogen-bond acceptors (Lipinski definition) is 3. The largest absolute Gasteiger partial charge is 0.440 e. The lowest BCUT2D eigenvalue weighted by Gasteiger charge is -2.31. The van der Waals surface area contributed by atoms with Crippen LogP contribution in [0.25, 0.3) is 0 Å². The van der Waals surface area contributed by atoms with E-state index in [1.807, 2.05) is 0 Å². The molecule has 1 saturated heterocycles.